The Bertz CT molecular complexity index is 120. The van der Waals surface area contributed by atoms with E-state index in [0.717, 1.165) is 25.9 Å². The molecule has 0 spiro atoms. The molecule has 0 saturated carbocycles. The number of hydrogen-bond donors (Lipinski definition) is 3. The Labute approximate surface area is 86.6 Å². The summed E-state index contributed by atoms with van der Waals surface area (Å²) in [6, 6.07) is 0. The SMILES string of the molecule is [NH3+]CCC[NH2+]CCCC[NH2+]CCC=O. The van der Waals surface area contributed by atoms with Gasteiger partial charge in [-0.3, -0.25) is 0 Å². The zero-order valence-electron chi connectivity index (χ0n) is 9.21. The number of nitrogens with two attached hydrogens (primary N) is 2. The summed E-state index contributed by atoms with van der Waals surface area (Å²) in [6.45, 7) is 5.63. The van der Waals surface area contributed by atoms with Crippen LogP contribution < -0.4 is 16.4 Å². The number of carbonyl (C=O) groups excluding carboxylic acids is 1. The van der Waals surface area contributed by atoms with Gasteiger partial charge in [-0.05, 0) is 0 Å². The van der Waals surface area contributed by atoms with Gasteiger partial charge in [-0.15, -0.1) is 0 Å². The minimum Gasteiger partial charge on any atom is -0.357 e. The van der Waals surface area contributed by atoms with E-state index in [1.807, 2.05) is 0 Å². The summed E-state index contributed by atoms with van der Waals surface area (Å²) in [5, 5.41) is 4.60. The predicted molar refractivity (Wildman–Crippen MR) is 55.6 cm³/mol. The van der Waals surface area contributed by atoms with Crippen LogP contribution in [0.3, 0.4) is 0 Å². The Morgan fingerprint density at radius 1 is 0.929 bits per heavy atom. The lowest BCUT2D eigenvalue weighted by Gasteiger charge is -2.00. The van der Waals surface area contributed by atoms with Crippen LogP contribution in [0.5, 0.6) is 0 Å². The van der Waals surface area contributed by atoms with Gasteiger partial charge in [0.05, 0.1) is 39.1 Å². The van der Waals surface area contributed by atoms with E-state index in [2.05, 4.69) is 16.4 Å². The predicted octanol–water partition coefficient (Wildman–Crippen LogP) is -2.89. The third kappa shape index (κ3) is 11.6. The lowest BCUT2D eigenvalue weighted by Crippen LogP contribution is -2.86. The topological polar surface area (TPSA) is 77.9 Å². The van der Waals surface area contributed by atoms with Crippen molar-refractivity contribution in [3.63, 3.8) is 0 Å². The monoisotopic (exact) mass is 204 g/mol. The molecule has 0 bridgehead atoms. The van der Waals surface area contributed by atoms with Gasteiger partial charge in [0.15, 0.2) is 0 Å². The highest BCUT2D eigenvalue weighted by atomic mass is 16.1. The maximum Gasteiger partial charge on any atom is 0.125 e. The van der Waals surface area contributed by atoms with Crippen molar-refractivity contribution in [1.29, 1.82) is 0 Å². The molecular weight excluding hydrogens is 178 g/mol. The minimum absolute atomic E-state index is 0.690. The maximum atomic E-state index is 10.0. The second kappa shape index (κ2) is 12.6. The zero-order chi connectivity index (χ0) is 10.5. The van der Waals surface area contributed by atoms with E-state index in [0.29, 0.717) is 6.42 Å². The average Bonchev–Trinajstić information content (AvgIpc) is 2.21. The summed E-state index contributed by atoms with van der Waals surface area (Å²) in [6.07, 6.45) is 5.46. The molecular formula is C10H26N3O+3. The molecule has 0 saturated heterocycles. The molecule has 0 aliphatic rings. The minimum atomic E-state index is 0.690. The highest BCUT2D eigenvalue weighted by Gasteiger charge is 1.94. The Morgan fingerprint density at radius 2 is 1.50 bits per heavy atom. The van der Waals surface area contributed by atoms with Crippen LogP contribution in [0, 0.1) is 0 Å². The molecule has 0 amide bonds. The average molecular weight is 204 g/mol. The lowest BCUT2D eigenvalue weighted by molar-refractivity contribution is -0.665. The van der Waals surface area contributed by atoms with Gasteiger partial charge in [-0.1, -0.05) is 0 Å². The third-order valence-corrected chi connectivity index (χ3v) is 2.21. The molecule has 0 aliphatic carbocycles. The van der Waals surface area contributed by atoms with E-state index in [-0.39, 0.29) is 0 Å². The van der Waals surface area contributed by atoms with Gasteiger partial charge in [0.25, 0.3) is 0 Å². The normalized spacial score (nSPS) is 10.4. The van der Waals surface area contributed by atoms with Crippen molar-refractivity contribution in [3.8, 4) is 0 Å². The molecule has 0 fully saturated rings. The highest BCUT2D eigenvalue weighted by Crippen LogP contribution is 1.77. The third-order valence-electron chi connectivity index (χ3n) is 2.21. The van der Waals surface area contributed by atoms with Crippen LogP contribution in [0.25, 0.3) is 0 Å². The van der Waals surface area contributed by atoms with E-state index in [1.54, 1.807) is 0 Å². The van der Waals surface area contributed by atoms with Crippen molar-refractivity contribution in [2.75, 3.05) is 32.7 Å². The molecule has 0 aromatic rings. The van der Waals surface area contributed by atoms with Crippen molar-refractivity contribution in [2.45, 2.75) is 25.7 Å². The fourth-order valence-electron chi connectivity index (χ4n) is 1.34. The van der Waals surface area contributed by atoms with Gasteiger partial charge in [0.1, 0.15) is 6.29 Å². The Hall–Kier alpha value is -0.450. The maximum absolute atomic E-state index is 10.0. The summed E-state index contributed by atoms with van der Waals surface area (Å²) in [7, 11) is 0. The second-order valence-electron chi connectivity index (χ2n) is 3.60. The Morgan fingerprint density at radius 3 is 2.07 bits per heavy atom. The van der Waals surface area contributed by atoms with Crippen LogP contribution in [0.4, 0.5) is 0 Å². The van der Waals surface area contributed by atoms with Gasteiger partial charge < -0.3 is 21.2 Å². The molecule has 0 aromatic heterocycles. The van der Waals surface area contributed by atoms with E-state index < -0.39 is 0 Å². The molecule has 4 nitrogen and oxygen atoms in total. The highest BCUT2D eigenvalue weighted by molar-refractivity contribution is 5.49. The van der Waals surface area contributed by atoms with E-state index >= 15 is 0 Å². The smallest absolute Gasteiger partial charge is 0.125 e. The number of aldehydes is 1. The molecule has 0 atom stereocenters. The molecule has 0 unspecified atom stereocenters. The van der Waals surface area contributed by atoms with Crippen LogP contribution in [0.15, 0.2) is 0 Å². The van der Waals surface area contributed by atoms with Crippen molar-refractivity contribution in [3.05, 3.63) is 0 Å². The number of hydrogen-bond acceptors (Lipinski definition) is 1. The molecule has 0 aromatic carbocycles. The second-order valence-corrected chi connectivity index (χ2v) is 3.60. The first-order chi connectivity index (χ1) is 6.91. The van der Waals surface area contributed by atoms with E-state index in [4.69, 9.17) is 0 Å². The van der Waals surface area contributed by atoms with Gasteiger partial charge >= 0.3 is 0 Å². The lowest BCUT2D eigenvalue weighted by atomic mass is 10.3. The largest absolute Gasteiger partial charge is 0.357 e. The number of rotatable bonds is 11. The fraction of sp³-hybridized carbons (Fsp3) is 0.900. The molecule has 84 valence electrons. The van der Waals surface area contributed by atoms with Gasteiger partial charge in [0.2, 0.25) is 0 Å². The van der Waals surface area contributed by atoms with Crippen molar-refractivity contribution in [2.24, 2.45) is 0 Å². The first kappa shape index (κ1) is 13.5. The van der Waals surface area contributed by atoms with Crippen molar-refractivity contribution >= 4 is 6.29 Å². The standard InChI is InChI=1S/C10H23N3O/c11-5-3-8-12-6-1-2-7-13-9-4-10-14/h10,12-13H,1-9,11H2/p+3. The summed E-state index contributed by atoms with van der Waals surface area (Å²) < 4.78 is 0. The quantitative estimate of drug-likeness (QED) is 0.245. The first-order valence-corrected chi connectivity index (χ1v) is 5.78. The molecule has 0 rings (SSSR count). The van der Waals surface area contributed by atoms with E-state index in [9.17, 15) is 4.79 Å². The summed E-state index contributed by atoms with van der Waals surface area (Å²) in [5.41, 5.74) is 3.81. The van der Waals surface area contributed by atoms with Crippen LogP contribution in [0.2, 0.25) is 0 Å². The van der Waals surface area contributed by atoms with Gasteiger partial charge in [-0.2, -0.15) is 0 Å². The molecule has 7 N–H and O–H groups in total. The van der Waals surface area contributed by atoms with Gasteiger partial charge in [-0.25, -0.2) is 0 Å². The molecule has 0 aliphatic heterocycles. The van der Waals surface area contributed by atoms with Crippen LogP contribution in [-0.4, -0.2) is 39.0 Å². The molecule has 4 heteroatoms. The number of quaternary nitrogens is 3. The Kier molecular flexibility index (Phi) is 12.1. The zero-order valence-corrected chi connectivity index (χ0v) is 9.21. The summed E-state index contributed by atoms with van der Waals surface area (Å²) >= 11 is 0. The van der Waals surface area contributed by atoms with Crippen molar-refractivity contribution in [1.82, 2.24) is 0 Å². The summed E-state index contributed by atoms with van der Waals surface area (Å²) in [4.78, 5) is 10.0. The molecule has 14 heavy (non-hydrogen) atoms. The van der Waals surface area contributed by atoms with Gasteiger partial charge in [0, 0.05) is 19.3 Å². The molecule has 0 radical (unpaired) electrons. The van der Waals surface area contributed by atoms with Crippen LogP contribution >= 0.6 is 0 Å². The first-order valence-electron chi connectivity index (χ1n) is 5.78. The van der Waals surface area contributed by atoms with Crippen LogP contribution in [-0.2, 0) is 4.79 Å². The van der Waals surface area contributed by atoms with Crippen molar-refractivity contribution < 1.29 is 21.2 Å². The number of carbonyl (C=O) groups is 1. The number of unbranched alkanes of at least 4 members (excludes halogenated alkanes) is 1. The van der Waals surface area contributed by atoms with E-state index in [1.165, 1.54) is 32.4 Å². The fourth-order valence-corrected chi connectivity index (χ4v) is 1.34. The molecule has 0 heterocycles. The van der Waals surface area contributed by atoms with Crippen LogP contribution in [0.1, 0.15) is 25.7 Å². The summed E-state index contributed by atoms with van der Waals surface area (Å²) in [5.74, 6) is 0. The Balaban J connectivity index is 2.81.